The van der Waals surface area contributed by atoms with Crippen molar-refractivity contribution in [3.05, 3.63) is 29.3 Å². The normalized spacial score (nSPS) is 20.2. The number of nitrogens with zero attached hydrogens (tertiary/aromatic N) is 1. The van der Waals surface area contributed by atoms with Crippen LogP contribution in [0.4, 0.5) is 4.39 Å². The molecule has 6 heteroatoms. The van der Waals surface area contributed by atoms with E-state index in [1.165, 1.54) is 6.07 Å². The fraction of sp³-hybridized carbons (Fsp3) is 0.364. The van der Waals surface area contributed by atoms with Gasteiger partial charge < -0.3 is 5.73 Å². The van der Waals surface area contributed by atoms with Gasteiger partial charge in [-0.3, -0.25) is 14.9 Å². The van der Waals surface area contributed by atoms with Gasteiger partial charge in [0.2, 0.25) is 17.8 Å². The SMILES string of the molecule is NCc1ccc(C2CCC(=O)NC2=O)c(F)n1. The maximum Gasteiger partial charge on any atom is 0.234 e. The number of piperidine rings is 1. The quantitative estimate of drug-likeness (QED) is 0.568. The second-order valence-electron chi connectivity index (χ2n) is 3.89. The molecule has 3 N–H and O–H groups in total. The molecule has 0 bridgehead atoms. The molecule has 1 aliphatic heterocycles. The van der Waals surface area contributed by atoms with Crippen LogP contribution < -0.4 is 11.1 Å². The van der Waals surface area contributed by atoms with E-state index >= 15 is 0 Å². The molecule has 1 fully saturated rings. The highest BCUT2D eigenvalue weighted by Gasteiger charge is 2.30. The molecule has 1 aromatic heterocycles. The van der Waals surface area contributed by atoms with Gasteiger partial charge in [-0.2, -0.15) is 4.39 Å². The minimum absolute atomic E-state index is 0.145. The highest BCUT2D eigenvalue weighted by atomic mass is 19.1. The van der Waals surface area contributed by atoms with Crippen LogP contribution >= 0.6 is 0 Å². The summed E-state index contributed by atoms with van der Waals surface area (Å²) in [6.45, 7) is 0.145. The third-order valence-electron chi connectivity index (χ3n) is 2.76. The number of pyridine rings is 1. The van der Waals surface area contributed by atoms with E-state index in [0.29, 0.717) is 12.1 Å². The van der Waals surface area contributed by atoms with Gasteiger partial charge in [0.05, 0.1) is 11.6 Å². The van der Waals surface area contributed by atoms with Gasteiger partial charge in [0, 0.05) is 18.5 Å². The number of carbonyl (C=O) groups excluding carboxylic acids is 2. The first-order valence-electron chi connectivity index (χ1n) is 5.31. The van der Waals surface area contributed by atoms with Crippen molar-refractivity contribution in [3.8, 4) is 0 Å². The maximum atomic E-state index is 13.7. The molecular formula is C11H12FN3O2. The Kier molecular flexibility index (Phi) is 3.14. The number of hydrogen-bond acceptors (Lipinski definition) is 4. The zero-order valence-electron chi connectivity index (χ0n) is 9.07. The summed E-state index contributed by atoms with van der Waals surface area (Å²) in [5.74, 6) is -2.13. The van der Waals surface area contributed by atoms with E-state index in [4.69, 9.17) is 5.73 Å². The largest absolute Gasteiger partial charge is 0.325 e. The standard InChI is InChI=1S/C11H12FN3O2/c12-10-7(2-1-6(5-13)14-10)8-3-4-9(16)15-11(8)17/h1-2,8H,3-5,13H2,(H,15,16,17). The van der Waals surface area contributed by atoms with E-state index in [1.54, 1.807) is 6.07 Å². The number of halogens is 1. The van der Waals surface area contributed by atoms with Gasteiger partial charge in [-0.15, -0.1) is 0 Å². The van der Waals surface area contributed by atoms with Crippen LogP contribution in [0.5, 0.6) is 0 Å². The number of aromatic nitrogens is 1. The molecule has 0 spiro atoms. The number of imide groups is 1. The van der Waals surface area contributed by atoms with E-state index in [9.17, 15) is 14.0 Å². The predicted molar refractivity (Wildman–Crippen MR) is 57.2 cm³/mol. The minimum Gasteiger partial charge on any atom is -0.325 e. The molecule has 0 aromatic carbocycles. The molecule has 0 radical (unpaired) electrons. The zero-order chi connectivity index (χ0) is 12.4. The highest BCUT2D eigenvalue weighted by molar-refractivity contribution is 6.00. The van der Waals surface area contributed by atoms with Crippen LogP contribution in [0, 0.1) is 5.95 Å². The lowest BCUT2D eigenvalue weighted by Crippen LogP contribution is -2.39. The molecule has 1 atom stereocenters. The third-order valence-corrected chi connectivity index (χ3v) is 2.76. The Labute approximate surface area is 97.2 Å². The second kappa shape index (κ2) is 4.58. The number of rotatable bonds is 2. The zero-order valence-corrected chi connectivity index (χ0v) is 9.07. The average Bonchev–Trinajstić information content (AvgIpc) is 2.30. The molecule has 17 heavy (non-hydrogen) atoms. The molecular weight excluding hydrogens is 225 g/mol. The first kappa shape index (κ1) is 11.7. The van der Waals surface area contributed by atoms with Gasteiger partial charge >= 0.3 is 0 Å². The van der Waals surface area contributed by atoms with Crippen molar-refractivity contribution in [2.24, 2.45) is 5.73 Å². The van der Waals surface area contributed by atoms with Crippen molar-refractivity contribution >= 4 is 11.8 Å². The lowest BCUT2D eigenvalue weighted by molar-refractivity contribution is -0.134. The molecule has 2 rings (SSSR count). The Morgan fingerprint density at radius 3 is 2.82 bits per heavy atom. The molecule has 1 aliphatic rings. The average molecular weight is 237 g/mol. The number of carbonyl (C=O) groups is 2. The van der Waals surface area contributed by atoms with Gasteiger partial charge in [-0.25, -0.2) is 4.98 Å². The molecule has 1 saturated heterocycles. The van der Waals surface area contributed by atoms with Crippen molar-refractivity contribution < 1.29 is 14.0 Å². The summed E-state index contributed by atoms with van der Waals surface area (Å²) in [5.41, 5.74) is 5.98. The van der Waals surface area contributed by atoms with Crippen molar-refractivity contribution in [1.82, 2.24) is 10.3 Å². The van der Waals surface area contributed by atoms with E-state index in [1.807, 2.05) is 0 Å². The fourth-order valence-electron chi connectivity index (χ4n) is 1.85. The second-order valence-corrected chi connectivity index (χ2v) is 3.89. The summed E-state index contributed by atoms with van der Waals surface area (Å²) < 4.78 is 13.7. The van der Waals surface area contributed by atoms with Crippen LogP contribution in [-0.4, -0.2) is 16.8 Å². The molecule has 2 amide bonds. The van der Waals surface area contributed by atoms with Gasteiger partial charge in [0.1, 0.15) is 0 Å². The molecule has 90 valence electrons. The third kappa shape index (κ3) is 2.31. The molecule has 5 nitrogen and oxygen atoms in total. The molecule has 1 unspecified atom stereocenters. The lowest BCUT2D eigenvalue weighted by Gasteiger charge is -2.21. The monoisotopic (exact) mass is 237 g/mol. The van der Waals surface area contributed by atoms with Crippen molar-refractivity contribution in [2.75, 3.05) is 0 Å². The van der Waals surface area contributed by atoms with Crippen LogP contribution in [0.3, 0.4) is 0 Å². The Morgan fingerprint density at radius 1 is 1.47 bits per heavy atom. The van der Waals surface area contributed by atoms with Crippen molar-refractivity contribution in [3.63, 3.8) is 0 Å². The first-order valence-corrected chi connectivity index (χ1v) is 5.31. The van der Waals surface area contributed by atoms with E-state index < -0.39 is 17.8 Å². The number of nitrogens with one attached hydrogen (secondary N) is 1. The lowest BCUT2D eigenvalue weighted by atomic mass is 9.91. The molecule has 0 aliphatic carbocycles. The Hall–Kier alpha value is -1.82. The molecule has 1 aromatic rings. The van der Waals surface area contributed by atoms with Crippen LogP contribution in [0.1, 0.15) is 30.0 Å². The van der Waals surface area contributed by atoms with Gasteiger partial charge in [0.15, 0.2) is 0 Å². The van der Waals surface area contributed by atoms with E-state index in [-0.39, 0.29) is 24.4 Å². The predicted octanol–water partition coefficient (Wildman–Crippen LogP) is 0.200. The van der Waals surface area contributed by atoms with E-state index in [0.717, 1.165) is 0 Å². The number of amides is 2. The Balaban J connectivity index is 2.28. The van der Waals surface area contributed by atoms with E-state index in [2.05, 4.69) is 10.3 Å². The van der Waals surface area contributed by atoms with Crippen LogP contribution in [-0.2, 0) is 16.1 Å². The van der Waals surface area contributed by atoms with Crippen LogP contribution in [0.15, 0.2) is 12.1 Å². The Morgan fingerprint density at radius 2 is 2.24 bits per heavy atom. The molecule has 0 saturated carbocycles. The smallest absolute Gasteiger partial charge is 0.234 e. The highest BCUT2D eigenvalue weighted by Crippen LogP contribution is 2.26. The summed E-state index contributed by atoms with van der Waals surface area (Å²) in [6.07, 6.45) is 0.528. The number of hydrogen-bond donors (Lipinski definition) is 2. The summed E-state index contributed by atoms with van der Waals surface area (Å²) in [7, 11) is 0. The summed E-state index contributed by atoms with van der Waals surface area (Å²) in [6, 6.07) is 3.09. The summed E-state index contributed by atoms with van der Waals surface area (Å²) in [5, 5.41) is 2.19. The van der Waals surface area contributed by atoms with Crippen molar-refractivity contribution in [1.29, 1.82) is 0 Å². The van der Waals surface area contributed by atoms with Gasteiger partial charge in [-0.1, -0.05) is 6.07 Å². The van der Waals surface area contributed by atoms with Gasteiger partial charge in [-0.05, 0) is 12.5 Å². The number of nitrogens with two attached hydrogens (primary N) is 1. The first-order chi connectivity index (χ1) is 8.11. The summed E-state index contributed by atoms with van der Waals surface area (Å²) >= 11 is 0. The Bertz CT molecular complexity index is 476. The van der Waals surface area contributed by atoms with Gasteiger partial charge in [0.25, 0.3) is 0 Å². The van der Waals surface area contributed by atoms with Crippen molar-refractivity contribution in [2.45, 2.75) is 25.3 Å². The summed E-state index contributed by atoms with van der Waals surface area (Å²) in [4.78, 5) is 26.2. The maximum absolute atomic E-state index is 13.7. The van der Waals surface area contributed by atoms with Crippen LogP contribution in [0.2, 0.25) is 0 Å². The minimum atomic E-state index is -0.692. The fourth-order valence-corrected chi connectivity index (χ4v) is 1.85. The van der Waals surface area contributed by atoms with Crippen LogP contribution in [0.25, 0.3) is 0 Å². The topological polar surface area (TPSA) is 85.1 Å². The molecule has 2 heterocycles.